The van der Waals surface area contributed by atoms with Crippen LogP contribution in [0.4, 0.5) is 5.82 Å². The molecule has 10 heteroatoms. The van der Waals surface area contributed by atoms with Crippen LogP contribution in [0, 0.1) is 0 Å². The van der Waals surface area contributed by atoms with Gasteiger partial charge in [0.05, 0.1) is 6.61 Å². The van der Waals surface area contributed by atoms with Crippen molar-refractivity contribution >= 4 is 35.3 Å². The summed E-state index contributed by atoms with van der Waals surface area (Å²) in [4.78, 5) is 35.9. The van der Waals surface area contributed by atoms with E-state index in [0.717, 1.165) is 0 Å². The van der Waals surface area contributed by atoms with Crippen LogP contribution in [0.5, 0.6) is 0 Å². The number of nitrogens with one attached hydrogen (secondary N) is 1. The molecule has 0 aromatic carbocycles. The number of hydrogen-bond acceptors (Lipinski definition) is 8. The van der Waals surface area contributed by atoms with Gasteiger partial charge in [0, 0.05) is 20.0 Å². The van der Waals surface area contributed by atoms with E-state index in [0.29, 0.717) is 25.4 Å². The summed E-state index contributed by atoms with van der Waals surface area (Å²) in [5.74, 6) is -0.881. The first-order chi connectivity index (χ1) is 11.9. The third-order valence-corrected chi connectivity index (χ3v) is 3.13. The summed E-state index contributed by atoms with van der Waals surface area (Å²) in [6.07, 6.45) is 0.678. The van der Waals surface area contributed by atoms with Crippen LogP contribution in [0.1, 0.15) is 19.8 Å². The van der Waals surface area contributed by atoms with Crippen molar-refractivity contribution in [2.75, 3.05) is 38.3 Å². The molecule has 25 heavy (non-hydrogen) atoms. The number of aromatic nitrogens is 2. The van der Waals surface area contributed by atoms with Gasteiger partial charge in [0.15, 0.2) is 17.6 Å². The third-order valence-electron chi connectivity index (χ3n) is 2.92. The van der Waals surface area contributed by atoms with Crippen LogP contribution >= 0.6 is 11.6 Å². The molecule has 0 aliphatic rings. The van der Waals surface area contributed by atoms with Crippen LogP contribution < -0.4 is 10.2 Å². The average molecular weight is 373 g/mol. The van der Waals surface area contributed by atoms with E-state index in [1.165, 1.54) is 4.90 Å². The van der Waals surface area contributed by atoms with Gasteiger partial charge in [-0.3, -0.25) is 14.4 Å². The Bertz CT molecular complexity index is 582. The maximum atomic E-state index is 11.7. The zero-order valence-corrected chi connectivity index (χ0v) is 14.9. The Morgan fingerprint density at radius 2 is 1.96 bits per heavy atom. The molecule has 1 aromatic heterocycles. The Morgan fingerprint density at radius 3 is 2.60 bits per heavy atom. The Kier molecular flexibility index (Phi) is 9.23. The molecule has 0 aliphatic carbocycles. The fourth-order valence-corrected chi connectivity index (χ4v) is 1.82. The number of carbonyl (C=O) groups is 3. The lowest BCUT2D eigenvalue weighted by molar-refractivity contribution is -0.147. The van der Waals surface area contributed by atoms with Crippen molar-refractivity contribution in [2.24, 2.45) is 0 Å². The summed E-state index contributed by atoms with van der Waals surface area (Å²) >= 11 is 5.64. The minimum atomic E-state index is -0.582. The molecule has 0 atom stereocenters. The van der Waals surface area contributed by atoms with Crippen molar-refractivity contribution in [3.63, 3.8) is 0 Å². The first-order valence-corrected chi connectivity index (χ1v) is 8.08. The molecule has 9 nitrogen and oxygen atoms in total. The second-order valence-electron chi connectivity index (χ2n) is 4.99. The average Bonchev–Trinajstić information content (AvgIpc) is 2.57. The molecule has 1 amide bonds. The van der Waals surface area contributed by atoms with Gasteiger partial charge in [-0.05, 0) is 25.5 Å². The standard InChI is InChI=1S/C15H21ClN4O5/c1-3-24-14(22)5-4-8-17-13(21)10-25-15(23)9-20(2)12-7-6-11(16)18-19-12/h6-7H,3-5,8-10H2,1-2H3,(H,17,21). The van der Waals surface area contributed by atoms with Gasteiger partial charge in [-0.1, -0.05) is 11.6 Å². The molecule has 1 heterocycles. The molecule has 0 spiro atoms. The summed E-state index contributed by atoms with van der Waals surface area (Å²) in [6.45, 7) is 1.88. The second kappa shape index (κ2) is 11.2. The molecule has 0 aliphatic heterocycles. The van der Waals surface area contributed by atoms with Gasteiger partial charge in [0.2, 0.25) is 0 Å². The lowest BCUT2D eigenvalue weighted by Gasteiger charge is -2.16. The molecule has 0 unspecified atom stereocenters. The van der Waals surface area contributed by atoms with Gasteiger partial charge >= 0.3 is 11.9 Å². The lowest BCUT2D eigenvalue weighted by atomic mass is 10.3. The number of carbonyl (C=O) groups excluding carboxylic acids is 3. The number of esters is 2. The van der Waals surface area contributed by atoms with Crippen molar-refractivity contribution in [1.82, 2.24) is 15.5 Å². The highest BCUT2D eigenvalue weighted by atomic mass is 35.5. The van der Waals surface area contributed by atoms with E-state index in [-0.39, 0.29) is 24.1 Å². The number of anilines is 1. The van der Waals surface area contributed by atoms with Crippen LogP contribution in [-0.2, 0) is 23.9 Å². The molecular weight excluding hydrogens is 352 g/mol. The molecule has 1 aromatic rings. The largest absolute Gasteiger partial charge is 0.466 e. The van der Waals surface area contributed by atoms with Crippen LogP contribution in [-0.4, -0.2) is 61.4 Å². The van der Waals surface area contributed by atoms with Crippen LogP contribution in [0.2, 0.25) is 5.15 Å². The smallest absolute Gasteiger partial charge is 0.326 e. The summed E-state index contributed by atoms with van der Waals surface area (Å²) in [6, 6.07) is 3.16. The van der Waals surface area contributed by atoms with Crippen LogP contribution in [0.25, 0.3) is 0 Å². The maximum Gasteiger partial charge on any atom is 0.326 e. The molecule has 0 saturated heterocycles. The molecule has 0 radical (unpaired) electrons. The van der Waals surface area contributed by atoms with Crippen LogP contribution in [0.3, 0.4) is 0 Å². The van der Waals surface area contributed by atoms with E-state index in [2.05, 4.69) is 15.5 Å². The first-order valence-electron chi connectivity index (χ1n) is 7.70. The minimum absolute atomic E-state index is 0.0908. The van der Waals surface area contributed by atoms with Crippen molar-refractivity contribution in [3.8, 4) is 0 Å². The predicted molar refractivity (Wildman–Crippen MR) is 90.1 cm³/mol. The Balaban J connectivity index is 2.19. The van der Waals surface area contributed by atoms with E-state index in [1.54, 1.807) is 26.1 Å². The van der Waals surface area contributed by atoms with E-state index in [4.69, 9.17) is 21.1 Å². The van der Waals surface area contributed by atoms with Gasteiger partial charge in [-0.15, -0.1) is 10.2 Å². The summed E-state index contributed by atoms with van der Waals surface area (Å²) in [5, 5.41) is 10.3. The Hall–Kier alpha value is -2.42. The summed E-state index contributed by atoms with van der Waals surface area (Å²) in [7, 11) is 1.63. The zero-order valence-electron chi connectivity index (χ0n) is 14.2. The molecular formula is C15H21ClN4O5. The molecule has 138 valence electrons. The SMILES string of the molecule is CCOC(=O)CCCNC(=O)COC(=O)CN(C)c1ccc(Cl)nn1. The van der Waals surface area contributed by atoms with Crippen molar-refractivity contribution < 1.29 is 23.9 Å². The normalized spacial score (nSPS) is 10.0. The number of hydrogen-bond donors (Lipinski definition) is 1. The number of ether oxygens (including phenoxy) is 2. The number of likely N-dealkylation sites (N-methyl/N-ethyl adjacent to an activating group) is 1. The van der Waals surface area contributed by atoms with Gasteiger partial charge in [0.25, 0.3) is 5.91 Å². The van der Waals surface area contributed by atoms with Gasteiger partial charge in [-0.25, -0.2) is 0 Å². The highest BCUT2D eigenvalue weighted by Crippen LogP contribution is 2.09. The van der Waals surface area contributed by atoms with Gasteiger partial charge < -0.3 is 19.7 Å². The number of halogens is 1. The zero-order chi connectivity index (χ0) is 18.7. The molecule has 1 rings (SSSR count). The highest BCUT2D eigenvalue weighted by Gasteiger charge is 2.12. The van der Waals surface area contributed by atoms with Gasteiger partial charge in [0.1, 0.15) is 6.54 Å². The molecule has 0 saturated carbocycles. The summed E-state index contributed by atoms with van der Waals surface area (Å²) < 4.78 is 9.64. The fraction of sp³-hybridized carbons (Fsp3) is 0.533. The molecule has 1 N–H and O–H groups in total. The van der Waals surface area contributed by atoms with E-state index in [9.17, 15) is 14.4 Å². The second-order valence-corrected chi connectivity index (χ2v) is 5.38. The number of nitrogens with zero attached hydrogens (tertiary/aromatic N) is 3. The topological polar surface area (TPSA) is 111 Å². The first kappa shape index (κ1) is 20.6. The van der Waals surface area contributed by atoms with E-state index in [1.807, 2.05) is 0 Å². The fourth-order valence-electron chi connectivity index (χ4n) is 1.72. The van der Waals surface area contributed by atoms with Crippen molar-refractivity contribution in [2.45, 2.75) is 19.8 Å². The predicted octanol–water partition coefficient (Wildman–Crippen LogP) is 0.569. The summed E-state index contributed by atoms with van der Waals surface area (Å²) in [5.41, 5.74) is 0. The van der Waals surface area contributed by atoms with Crippen LogP contribution in [0.15, 0.2) is 12.1 Å². The molecule has 0 fully saturated rings. The van der Waals surface area contributed by atoms with E-state index >= 15 is 0 Å². The Labute approximate surface area is 150 Å². The molecule has 0 bridgehead atoms. The quantitative estimate of drug-likeness (QED) is 0.468. The lowest BCUT2D eigenvalue weighted by Crippen LogP contribution is -2.33. The van der Waals surface area contributed by atoms with Gasteiger partial charge in [-0.2, -0.15) is 0 Å². The highest BCUT2D eigenvalue weighted by molar-refractivity contribution is 6.29. The maximum absolute atomic E-state index is 11.7. The number of rotatable bonds is 10. The van der Waals surface area contributed by atoms with E-state index < -0.39 is 18.5 Å². The Morgan fingerprint density at radius 1 is 1.20 bits per heavy atom. The minimum Gasteiger partial charge on any atom is -0.466 e. The van der Waals surface area contributed by atoms with Crippen molar-refractivity contribution in [1.29, 1.82) is 0 Å². The third kappa shape index (κ3) is 8.85. The monoisotopic (exact) mass is 372 g/mol. The van der Waals surface area contributed by atoms with Crippen molar-refractivity contribution in [3.05, 3.63) is 17.3 Å². The number of amides is 1.